The van der Waals surface area contributed by atoms with Gasteiger partial charge in [0.05, 0.1) is 29.0 Å². The first-order valence-corrected chi connectivity index (χ1v) is 15.4. The fourth-order valence-electron chi connectivity index (χ4n) is 4.79. The van der Waals surface area contributed by atoms with Crippen LogP contribution in [0.1, 0.15) is 29.8 Å². The van der Waals surface area contributed by atoms with E-state index in [1.165, 1.54) is 41.3 Å². The Labute approximate surface area is 251 Å². The number of carbonyl (C=O) groups is 2. The molecular formula is C30H35ClN4O6S. The number of carbonyl (C=O) groups excluding carboxylic acids is 2. The molecule has 0 saturated carbocycles. The van der Waals surface area contributed by atoms with Gasteiger partial charge in [0, 0.05) is 56.3 Å². The van der Waals surface area contributed by atoms with Crippen LogP contribution in [0, 0.1) is 5.92 Å². The maximum absolute atomic E-state index is 13.6. The maximum Gasteiger partial charge on any atom is 0.261 e. The van der Waals surface area contributed by atoms with E-state index in [1.807, 2.05) is 19.9 Å². The molecule has 4 rings (SSSR count). The molecule has 1 aliphatic rings. The number of nitrogens with one attached hydrogen (secondary N) is 1. The highest BCUT2D eigenvalue weighted by atomic mass is 35.5. The fourth-order valence-corrected chi connectivity index (χ4v) is 5.97. The summed E-state index contributed by atoms with van der Waals surface area (Å²) >= 11 is 5.90. The van der Waals surface area contributed by atoms with E-state index in [2.05, 4.69) is 9.71 Å². The summed E-state index contributed by atoms with van der Waals surface area (Å²) in [6, 6.07) is 13.6. The van der Waals surface area contributed by atoms with Gasteiger partial charge < -0.3 is 19.3 Å². The lowest BCUT2D eigenvalue weighted by Crippen LogP contribution is -2.49. The van der Waals surface area contributed by atoms with E-state index in [-0.39, 0.29) is 71.3 Å². The van der Waals surface area contributed by atoms with Crippen LogP contribution >= 0.6 is 11.6 Å². The van der Waals surface area contributed by atoms with Gasteiger partial charge in [-0.2, -0.15) is 0 Å². The third-order valence-corrected chi connectivity index (χ3v) is 8.87. The quantitative estimate of drug-likeness (QED) is 0.444. The summed E-state index contributed by atoms with van der Waals surface area (Å²) in [7, 11) is -0.714. The van der Waals surface area contributed by atoms with Crippen molar-refractivity contribution >= 4 is 39.1 Å². The predicted octanol–water partition coefficient (Wildman–Crippen LogP) is 4.11. The second-order valence-electron chi connectivity index (χ2n) is 10.5. The first-order chi connectivity index (χ1) is 20.0. The summed E-state index contributed by atoms with van der Waals surface area (Å²) in [5.74, 6) is -0.267. The molecular weight excluding hydrogens is 580 g/mol. The number of amides is 2. The van der Waals surface area contributed by atoms with Crippen molar-refractivity contribution in [3.05, 3.63) is 83.1 Å². The molecule has 0 radical (unpaired) electrons. The first-order valence-electron chi connectivity index (χ1n) is 13.5. The monoisotopic (exact) mass is 614 g/mol. The molecule has 0 unspecified atom stereocenters. The second-order valence-corrected chi connectivity index (χ2v) is 12.6. The van der Waals surface area contributed by atoms with Crippen molar-refractivity contribution in [2.24, 2.45) is 5.92 Å². The number of pyridine rings is 1. The molecule has 0 fully saturated rings. The average molecular weight is 615 g/mol. The molecule has 3 aromatic rings. The number of halogens is 1. The number of aromatic nitrogens is 1. The van der Waals surface area contributed by atoms with Gasteiger partial charge >= 0.3 is 0 Å². The number of methoxy groups -OCH3 is 1. The van der Waals surface area contributed by atoms with Gasteiger partial charge in [0.2, 0.25) is 5.91 Å². The standard InChI is InChI=1S/C30H35ClN4O6S/c1-20-17-35(29(36)14-22-6-5-13-32-16-22)21(2)19-41-27-12-9-24(15-26(27)30(37)34(3)18-28(20)40-4)33-42(38,39)25-10-7-23(31)8-11-25/h5-13,15-16,20-21,28,33H,14,17-19H2,1-4H3/t20-,21-,28-/m1/s1. The Morgan fingerprint density at radius 3 is 2.55 bits per heavy atom. The van der Waals surface area contributed by atoms with Crippen LogP contribution in [0.3, 0.4) is 0 Å². The average Bonchev–Trinajstić information content (AvgIpc) is 2.97. The zero-order valence-corrected chi connectivity index (χ0v) is 25.6. The summed E-state index contributed by atoms with van der Waals surface area (Å²) in [6.07, 6.45) is 3.16. The highest BCUT2D eigenvalue weighted by Gasteiger charge is 2.30. The number of hydrogen-bond acceptors (Lipinski definition) is 7. The summed E-state index contributed by atoms with van der Waals surface area (Å²) < 4.78 is 40.4. The van der Waals surface area contributed by atoms with Gasteiger partial charge in [0.1, 0.15) is 12.4 Å². The van der Waals surface area contributed by atoms with Gasteiger partial charge in [-0.3, -0.25) is 19.3 Å². The first kappa shape index (κ1) is 31.3. The molecule has 42 heavy (non-hydrogen) atoms. The lowest BCUT2D eigenvalue weighted by molar-refractivity contribution is -0.134. The number of nitrogens with zero attached hydrogens (tertiary/aromatic N) is 3. The fraction of sp³-hybridized carbons (Fsp3) is 0.367. The molecule has 0 saturated heterocycles. The zero-order valence-electron chi connectivity index (χ0n) is 24.0. The Bertz CT molecular complexity index is 1500. The minimum absolute atomic E-state index is 0.0288. The molecule has 0 aliphatic carbocycles. The minimum Gasteiger partial charge on any atom is -0.491 e. The Kier molecular flexibility index (Phi) is 10.1. The number of benzene rings is 2. The molecule has 2 aromatic carbocycles. The predicted molar refractivity (Wildman–Crippen MR) is 160 cm³/mol. The lowest BCUT2D eigenvalue weighted by Gasteiger charge is -2.36. The van der Waals surface area contributed by atoms with Crippen LogP contribution in [0.4, 0.5) is 5.69 Å². The largest absolute Gasteiger partial charge is 0.491 e. The van der Waals surface area contributed by atoms with Crippen molar-refractivity contribution in [3.63, 3.8) is 0 Å². The number of hydrogen-bond donors (Lipinski definition) is 1. The van der Waals surface area contributed by atoms with Crippen molar-refractivity contribution in [1.29, 1.82) is 0 Å². The van der Waals surface area contributed by atoms with Crippen LogP contribution in [0.5, 0.6) is 5.75 Å². The summed E-state index contributed by atoms with van der Waals surface area (Å²) in [4.78, 5) is 34.5. The number of anilines is 1. The highest BCUT2D eigenvalue weighted by molar-refractivity contribution is 7.92. The van der Waals surface area contributed by atoms with Gasteiger partial charge in [-0.25, -0.2) is 8.42 Å². The van der Waals surface area contributed by atoms with Crippen molar-refractivity contribution in [3.8, 4) is 5.75 Å². The summed E-state index contributed by atoms with van der Waals surface area (Å²) in [6.45, 7) is 4.64. The second kappa shape index (κ2) is 13.5. The molecule has 2 heterocycles. The summed E-state index contributed by atoms with van der Waals surface area (Å²) in [5, 5.41) is 0.412. The Morgan fingerprint density at radius 1 is 1.14 bits per heavy atom. The number of ether oxygens (including phenoxy) is 2. The van der Waals surface area contributed by atoms with E-state index in [0.29, 0.717) is 11.6 Å². The normalized spacial score (nSPS) is 20.1. The molecule has 2 amide bonds. The molecule has 3 atom stereocenters. The molecule has 224 valence electrons. The molecule has 1 aliphatic heterocycles. The van der Waals surface area contributed by atoms with Crippen molar-refractivity contribution in [2.75, 3.05) is 38.6 Å². The van der Waals surface area contributed by atoms with Crippen molar-refractivity contribution in [2.45, 2.75) is 37.3 Å². The number of likely N-dealkylation sites (N-methyl/N-ethyl adjacent to an activating group) is 1. The molecule has 12 heteroatoms. The van der Waals surface area contributed by atoms with E-state index >= 15 is 0 Å². The van der Waals surface area contributed by atoms with Crippen LogP contribution in [0.15, 0.2) is 71.9 Å². The molecule has 0 bridgehead atoms. The maximum atomic E-state index is 13.6. The molecule has 1 N–H and O–H groups in total. The SMILES string of the molecule is CO[C@@H]1CN(C)C(=O)c2cc(NS(=O)(=O)c3ccc(Cl)cc3)ccc2OC[C@@H](C)N(C(=O)Cc2cccnc2)C[C@H]1C. The van der Waals surface area contributed by atoms with Crippen LogP contribution in [0.25, 0.3) is 0 Å². The Morgan fingerprint density at radius 2 is 1.88 bits per heavy atom. The van der Waals surface area contributed by atoms with Crippen molar-refractivity contribution < 1.29 is 27.5 Å². The smallest absolute Gasteiger partial charge is 0.261 e. The van der Waals surface area contributed by atoms with E-state index < -0.39 is 10.0 Å². The zero-order chi connectivity index (χ0) is 30.4. The third-order valence-electron chi connectivity index (χ3n) is 7.22. The van der Waals surface area contributed by atoms with E-state index in [0.717, 1.165) is 5.56 Å². The van der Waals surface area contributed by atoms with Gasteiger partial charge in [-0.05, 0) is 61.0 Å². The van der Waals surface area contributed by atoms with Gasteiger partial charge in [0.25, 0.3) is 15.9 Å². The molecule has 0 spiro atoms. The molecule has 1 aromatic heterocycles. The lowest BCUT2D eigenvalue weighted by atomic mass is 10.0. The summed E-state index contributed by atoms with van der Waals surface area (Å²) in [5.41, 5.74) is 1.18. The van der Waals surface area contributed by atoms with E-state index in [4.69, 9.17) is 21.1 Å². The molecule has 10 nitrogen and oxygen atoms in total. The minimum atomic E-state index is -3.94. The van der Waals surface area contributed by atoms with Gasteiger partial charge in [0.15, 0.2) is 0 Å². The van der Waals surface area contributed by atoms with Gasteiger partial charge in [-0.15, -0.1) is 0 Å². The van der Waals surface area contributed by atoms with Crippen LogP contribution in [0.2, 0.25) is 5.02 Å². The Hall–Kier alpha value is -3.67. The van der Waals surface area contributed by atoms with E-state index in [9.17, 15) is 18.0 Å². The topological polar surface area (TPSA) is 118 Å². The van der Waals surface area contributed by atoms with Crippen LogP contribution in [-0.2, 0) is 26.0 Å². The van der Waals surface area contributed by atoms with Crippen molar-refractivity contribution in [1.82, 2.24) is 14.8 Å². The number of sulfonamides is 1. The third kappa shape index (κ3) is 7.58. The highest BCUT2D eigenvalue weighted by Crippen LogP contribution is 2.28. The number of rotatable bonds is 6. The van der Waals surface area contributed by atoms with Gasteiger partial charge in [-0.1, -0.05) is 24.6 Å². The number of fused-ring (bicyclic) bond motifs is 1. The van der Waals surface area contributed by atoms with E-state index in [1.54, 1.807) is 43.6 Å². The van der Waals surface area contributed by atoms with Crippen LogP contribution in [-0.4, -0.2) is 81.0 Å². The van der Waals surface area contributed by atoms with Crippen LogP contribution < -0.4 is 9.46 Å². The Balaban J connectivity index is 1.64.